The number of sulfonamides is 1. The first-order valence-electron chi connectivity index (χ1n) is 11.2. The van der Waals surface area contributed by atoms with Gasteiger partial charge in [0.25, 0.3) is 0 Å². The highest BCUT2D eigenvalue weighted by Gasteiger charge is 2.33. The van der Waals surface area contributed by atoms with Gasteiger partial charge in [-0.1, -0.05) is 30.3 Å². The Hall–Kier alpha value is -2.71. The minimum absolute atomic E-state index is 0.0674. The number of nitrogens with one attached hydrogen (secondary N) is 1. The zero-order valence-electron chi connectivity index (χ0n) is 18.1. The second-order valence-electron chi connectivity index (χ2n) is 8.37. The molecule has 2 aromatic carbocycles. The van der Waals surface area contributed by atoms with Crippen LogP contribution in [0.4, 0.5) is 5.69 Å². The molecule has 0 aliphatic carbocycles. The average molecular weight is 456 g/mol. The van der Waals surface area contributed by atoms with E-state index in [-0.39, 0.29) is 29.2 Å². The van der Waals surface area contributed by atoms with Gasteiger partial charge in [0.2, 0.25) is 21.8 Å². The lowest BCUT2D eigenvalue weighted by molar-refractivity contribution is -0.126. The van der Waals surface area contributed by atoms with Gasteiger partial charge in [-0.25, -0.2) is 8.42 Å². The zero-order valence-corrected chi connectivity index (χ0v) is 18.9. The SMILES string of the molecule is O=C(NCCc1ccccc1)C1CCCN(S(=O)(=O)c2ccc(N3CCCC3=O)cc2)C1. The molecule has 0 saturated carbocycles. The number of hydrogen-bond acceptors (Lipinski definition) is 4. The van der Waals surface area contributed by atoms with Crippen LogP contribution in [0, 0.1) is 5.92 Å². The third-order valence-electron chi connectivity index (χ3n) is 6.17. The van der Waals surface area contributed by atoms with E-state index in [2.05, 4.69) is 5.32 Å². The average Bonchev–Trinajstić information content (AvgIpc) is 3.25. The summed E-state index contributed by atoms with van der Waals surface area (Å²) in [5.41, 5.74) is 1.88. The third kappa shape index (κ3) is 5.02. The van der Waals surface area contributed by atoms with Crippen LogP contribution in [0.5, 0.6) is 0 Å². The lowest BCUT2D eigenvalue weighted by Gasteiger charge is -2.31. The molecule has 1 atom stereocenters. The highest BCUT2D eigenvalue weighted by Crippen LogP contribution is 2.27. The first kappa shape index (κ1) is 22.5. The molecule has 2 heterocycles. The fraction of sp³-hybridized carbons (Fsp3) is 0.417. The van der Waals surface area contributed by atoms with E-state index >= 15 is 0 Å². The van der Waals surface area contributed by atoms with E-state index in [0.717, 1.165) is 24.1 Å². The van der Waals surface area contributed by atoms with Crippen LogP contribution in [0.1, 0.15) is 31.2 Å². The van der Waals surface area contributed by atoms with Gasteiger partial charge in [0.05, 0.1) is 10.8 Å². The van der Waals surface area contributed by atoms with Crippen molar-refractivity contribution in [3.05, 3.63) is 60.2 Å². The Morgan fingerprint density at radius 1 is 1.00 bits per heavy atom. The van der Waals surface area contributed by atoms with Gasteiger partial charge in [-0.2, -0.15) is 4.31 Å². The van der Waals surface area contributed by atoms with Gasteiger partial charge >= 0.3 is 0 Å². The minimum atomic E-state index is -3.70. The van der Waals surface area contributed by atoms with E-state index in [1.165, 1.54) is 4.31 Å². The number of carbonyl (C=O) groups is 2. The Balaban J connectivity index is 1.36. The number of hydrogen-bond donors (Lipinski definition) is 1. The normalized spacial score (nSPS) is 19.8. The fourth-order valence-electron chi connectivity index (χ4n) is 4.36. The predicted octanol–water partition coefficient (Wildman–Crippen LogP) is 2.57. The summed E-state index contributed by atoms with van der Waals surface area (Å²) in [4.78, 5) is 26.5. The predicted molar refractivity (Wildman–Crippen MR) is 123 cm³/mol. The van der Waals surface area contributed by atoms with E-state index in [1.807, 2.05) is 30.3 Å². The van der Waals surface area contributed by atoms with Crippen LogP contribution in [-0.2, 0) is 26.0 Å². The molecule has 2 aliphatic heterocycles. The number of piperidine rings is 1. The molecule has 7 nitrogen and oxygen atoms in total. The topological polar surface area (TPSA) is 86.8 Å². The van der Waals surface area contributed by atoms with Gasteiger partial charge in [0, 0.05) is 38.3 Å². The summed E-state index contributed by atoms with van der Waals surface area (Å²) in [5, 5.41) is 2.96. The zero-order chi connectivity index (χ0) is 22.6. The number of rotatable bonds is 7. The van der Waals surface area contributed by atoms with Crippen molar-refractivity contribution < 1.29 is 18.0 Å². The minimum Gasteiger partial charge on any atom is -0.355 e. The van der Waals surface area contributed by atoms with Crippen LogP contribution < -0.4 is 10.2 Å². The number of amides is 2. The monoisotopic (exact) mass is 455 g/mol. The Morgan fingerprint density at radius 2 is 1.75 bits per heavy atom. The molecule has 8 heteroatoms. The second kappa shape index (κ2) is 9.83. The van der Waals surface area contributed by atoms with Crippen molar-refractivity contribution in [1.29, 1.82) is 0 Å². The molecular formula is C24H29N3O4S. The summed E-state index contributed by atoms with van der Waals surface area (Å²) in [6, 6.07) is 16.4. The van der Waals surface area contributed by atoms with Gasteiger partial charge in [0.1, 0.15) is 0 Å². The lowest BCUT2D eigenvalue weighted by atomic mass is 9.99. The van der Waals surface area contributed by atoms with Crippen LogP contribution in [0.3, 0.4) is 0 Å². The van der Waals surface area contributed by atoms with Crippen LogP contribution in [0.2, 0.25) is 0 Å². The Kier molecular flexibility index (Phi) is 6.91. The van der Waals surface area contributed by atoms with Crippen LogP contribution in [0.25, 0.3) is 0 Å². The molecule has 170 valence electrons. The van der Waals surface area contributed by atoms with Crippen molar-refractivity contribution in [2.75, 3.05) is 31.1 Å². The Bertz CT molecular complexity index is 1050. The molecule has 0 aromatic heterocycles. The number of carbonyl (C=O) groups excluding carboxylic acids is 2. The summed E-state index contributed by atoms with van der Waals surface area (Å²) in [6.45, 7) is 1.79. The largest absolute Gasteiger partial charge is 0.355 e. The first-order valence-corrected chi connectivity index (χ1v) is 12.6. The molecule has 2 amide bonds. The van der Waals surface area contributed by atoms with Crippen molar-refractivity contribution in [2.24, 2.45) is 5.92 Å². The highest BCUT2D eigenvalue weighted by molar-refractivity contribution is 7.89. The van der Waals surface area contributed by atoms with E-state index in [1.54, 1.807) is 29.2 Å². The first-order chi connectivity index (χ1) is 15.4. The summed E-state index contributed by atoms with van der Waals surface area (Å²) in [5.74, 6) is -0.378. The maximum Gasteiger partial charge on any atom is 0.243 e. The van der Waals surface area contributed by atoms with E-state index in [9.17, 15) is 18.0 Å². The van der Waals surface area contributed by atoms with Crippen LogP contribution in [-0.4, -0.2) is 50.7 Å². The Morgan fingerprint density at radius 3 is 2.44 bits per heavy atom. The van der Waals surface area contributed by atoms with Crippen molar-refractivity contribution in [3.8, 4) is 0 Å². The summed E-state index contributed by atoms with van der Waals surface area (Å²) < 4.78 is 27.7. The Labute approximate surface area is 189 Å². The molecule has 2 fully saturated rings. The third-order valence-corrected chi connectivity index (χ3v) is 8.05. The van der Waals surface area contributed by atoms with Gasteiger partial charge in [-0.3, -0.25) is 9.59 Å². The molecule has 1 unspecified atom stereocenters. The molecule has 1 N–H and O–H groups in total. The lowest BCUT2D eigenvalue weighted by Crippen LogP contribution is -2.45. The maximum atomic E-state index is 13.2. The summed E-state index contributed by atoms with van der Waals surface area (Å²) >= 11 is 0. The van der Waals surface area contributed by atoms with Crippen molar-refractivity contribution >= 4 is 27.5 Å². The molecule has 32 heavy (non-hydrogen) atoms. The molecular weight excluding hydrogens is 426 g/mol. The fourth-order valence-corrected chi connectivity index (χ4v) is 5.89. The van der Waals surface area contributed by atoms with Gasteiger partial charge in [-0.15, -0.1) is 0 Å². The smallest absolute Gasteiger partial charge is 0.243 e. The van der Waals surface area contributed by atoms with E-state index in [0.29, 0.717) is 38.9 Å². The van der Waals surface area contributed by atoms with E-state index < -0.39 is 10.0 Å². The molecule has 4 rings (SSSR count). The van der Waals surface area contributed by atoms with Crippen LogP contribution in [0.15, 0.2) is 59.5 Å². The van der Waals surface area contributed by atoms with Gasteiger partial charge in [-0.05, 0) is 55.5 Å². The number of anilines is 1. The molecule has 0 spiro atoms. The summed E-state index contributed by atoms with van der Waals surface area (Å²) in [7, 11) is -3.70. The molecule has 2 saturated heterocycles. The van der Waals surface area contributed by atoms with Crippen LogP contribution >= 0.6 is 0 Å². The molecule has 0 bridgehead atoms. The highest BCUT2D eigenvalue weighted by atomic mass is 32.2. The quantitative estimate of drug-likeness (QED) is 0.695. The van der Waals surface area contributed by atoms with Crippen molar-refractivity contribution in [2.45, 2.75) is 37.0 Å². The number of nitrogens with zero attached hydrogens (tertiary/aromatic N) is 2. The molecule has 2 aromatic rings. The second-order valence-corrected chi connectivity index (χ2v) is 10.3. The standard InChI is InChI=1S/C24H29N3O4S/c28-23-9-5-17-27(23)21-10-12-22(13-11-21)32(30,31)26-16-4-8-20(18-26)24(29)25-15-14-19-6-2-1-3-7-19/h1-3,6-7,10-13,20H,4-5,8-9,14-18H2,(H,25,29). The number of benzene rings is 2. The maximum absolute atomic E-state index is 13.2. The van der Waals surface area contributed by atoms with Crippen molar-refractivity contribution in [3.63, 3.8) is 0 Å². The van der Waals surface area contributed by atoms with Gasteiger partial charge < -0.3 is 10.2 Å². The van der Waals surface area contributed by atoms with E-state index in [4.69, 9.17) is 0 Å². The molecule has 0 radical (unpaired) electrons. The van der Waals surface area contributed by atoms with Crippen molar-refractivity contribution in [1.82, 2.24) is 9.62 Å². The summed E-state index contributed by atoms with van der Waals surface area (Å²) in [6.07, 6.45) is 3.42. The van der Waals surface area contributed by atoms with Gasteiger partial charge in [0.15, 0.2) is 0 Å². The molecule has 2 aliphatic rings.